The highest BCUT2D eigenvalue weighted by Crippen LogP contribution is 2.07. The van der Waals surface area contributed by atoms with Crippen molar-refractivity contribution in [1.82, 2.24) is 10.1 Å². The molecule has 68 valence electrons. The number of anilines is 1. The van der Waals surface area contributed by atoms with Crippen molar-refractivity contribution in [3.05, 3.63) is 5.82 Å². The third kappa shape index (κ3) is 2.20. The van der Waals surface area contributed by atoms with Crippen molar-refractivity contribution >= 4 is 6.01 Å². The maximum Gasteiger partial charge on any atom is 0.323 e. The molecule has 0 aliphatic carbocycles. The van der Waals surface area contributed by atoms with Crippen LogP contribution in [0.3, 0.4) is 0 Å². The number of hydrogen-bond acceptors (Lipinski definition) is 5. The van der Waals surface area contributed by atoms with Gasteiger partial charge in [-0.05, 0) is 19.9 Å². The summed E-state index contributed by atoms with van der Waals surface area (Å²) in [5.41, 5.74) is 5.37. The largest absolute Gasteiger partial charge is 0.330 e. The summed E-state index contributed by atoms with van der Waals surface area (Å²) in [4.78, 5) is 5.97. The summed E-state index contributed by atoms with van der Waals surface area (Å²) in [6.45, 7) is 3.32. The number of nitrogens with zero attached hydrogens (tertiary/aromatic N) is 3. The van der Waals surface area contributed by atoms with Gasteiger partial charge in [-0.15, -0.1) is 0 Å². The van der Waals surface area contributed by atoms with Crippen molar-refractivity contribution in [2.75, 3.05) is 25.0 Å². The molecule has 0 aliphatic rings. The van der Waals surface area contributed by atoms with E-state index in [2.05, 4.69) is 10.1 Å². The first-order valence-corrected chi connectivity index (χ1v) is 3.95. The van der Waals surface area contributed by atoms with E-state index >= 15 is 0 Å². The van der Waals surface area contributed by atoms with Crippen LogP contribution in [0.25, 0.3) is 0 Å². The Morgan fingerprint density at radius 1 is 1.58 bits per heavy atom. The van der Waals surface area contributed by atoms with Gasteiger partial charge < -0.3 is 15.2 Å². The molecular formula is C7H14N4O. The monoisotopic (exact) mass is 170 g/mol. The van der Waals surface area contributed by atoms with Crippen molar-refractivity contribution in [2.24, 2.45) is 5.73 Å². The predicted octanol–water partition coefficient (Wildman–Crippen LogP) is 0.163. The average molecular weight is 170 g/mol. The minimum absolute atomic E-state index is 0.556. The number of nitrogens with two attached hydrogens (primary N) is 1. The first-order valence-electron chi connectivity index (χ1n) is 3.95. The Balaban J connectivity index is 2.47. The third-order valence-electron chi connectivity index (χ3n) is 1.54. The summed E-state index contributed by atoms with van der Waals surface area (Å²) in [5.74, 6) is 0.657. The fourth-order valence-electron chi connectivity index (χ4n) is 0.865. The van der Waals surface area contributed by atoms with Crippen LogP contribution in [-0.4, -0.2) is 30.3 Å². The highest BCUT2D eigenvalue weighted by Gasteiger charge is 2.06. The Bertz CT molecular complexity index is 235. The lowest BCUT2D eigenvalue weighted by Crippen LogP contribution is -2.21. The lowest BCUT2D eigenvalue weighted by molar-refractivity contribution is 0.412. The van der Waals surface area contributed by atoms with E-state index in [4.69, 9.17) is 10.3 Å². The van der Waals surface area contributed by atoms with Gasteiger partial charge in [-0.2, -0.15) is 4.98 Å². The number of hydrogen-bond donors (Lipinski definition) is 1. The molecule has 0 unspecified atom stereocenters. The van der Waals surface area contributed by atoms with Crippen molar-refractivity contribution in [3.8, 4) is 0 Å². The molecular weight excluding hydrogens is 156 g/mol. The van der Waals surface area contributed by atoms with Gasteiger partial charge in [0.2, 0.25) is 0 Å². The van der Waals surface area contributed by atoms with Gasteiger partial charge in [0, 0.05) is 13.6 Å². The van der Waals surface area contributed by atoms with E-state index in [-0.39, 0.29) is 0 Å². The Kier molecular flexibility index (Phi) is 3.04. The fourth-order valence-corrected chi connectivity index (χ4v) is 0.865. The average Bonchev–Trinajstić information content (AvgIpc) is 2.47. The highest BCUT2D eigenvalue weighted by molar-refractivity contribution is 5.22. The molecule has 5 heteroatoms. The zero-order valence-electron chi connectivity index (χ0n) is 7.45. The van der Waals surface area contributed by atoms with Gasteiger partial charge in [-0.1, -0.05) is 5.16 Å². The van der Waals surface area contributed by atoms with Crippen LogP contribution < -0.4 is 10.6 Å². The Labute approximate surface area is 71.5 Å². The number of rotatable bonds is 4. The van der Waals surface area contributed by atoms with Crippen LogP contribution >= 0.6 is 0 Å². The molecule has 0 saturated carbocycles. The van der Waals surface area contributed by atoms with E-state index in [0.717, 1.165) is 13.0 Å². The van der Waals surface area contributed by atoms with Gasteiger partial charge >= 0.3 is 6.01 Å². The summed E-state index contributed by atoms with van der Waals surface area (Å²) in [7, 11) is 1.91. The molecule has 0 saturated heterocycles. The van der Waals surface area contributed by atoms with Gasteiger partial charge in [-0.3, -0.25) is 0 Å². The molecule has 0 atom stereocenters. The highest BCUT2D eigenvalue weighted by atomic mass is 16.5. The molecule has 0 amide bonds. The molecule has 0 aromatic carbocycles. The molecule has 2 N–H and O–H groups in total. The standard InChI is InChI=1S/C7H14N4O/c1-6-9-7(12-10-6)11(2)5-3-4-8/h3-5,8H2,1-2H3. The van der Waals surface area contributed by atoms with E-state index in [9.17, 15) is 0 Å². The SMILES string of the molecule is Cc1noc(N(C)CCCN)n1. The van der Waals surface area contributed by atoms with Crippen molar-refractivity contribution in [1.29, 1.82) is 0 Å². The summed E-state index contributed by atoms with van der Waals surface area (Å²) < 4.78 is 4.95. The van der Waals surface area contributed by atoms with Crippen molar-refractivity contribution < 1.29 is 4.52 Å². The minimum Gasteiger partial charge on any atom is -0.330 e. The Hall–Kier alpha value is -1.10. The zero-order chi connectivity index (χ0) is 8.97. The molecule has 1 aromatic rings. The van der Waals surface area contributed by atoms with Crippen LogP contribution in [-0.2, 0) is 0 Å². The molecule has 5 nitrogen and oxygen atoms in total. The van der Waals surface area contributed by atoms with E-state index in [1.165, 1.54) is 0 Å². The first kappa shape index (κ1) is 8.99. The van der Waals surface area contributed by atoms with E-state index in [0.29, 0.717) is 18.4 Å². The van der Waals surface area contributed by atoms with Crippen LogP contribution in [0.5, 0.6) is 0 Å². The van der Waals surface area contributed by atoms with Gasteiger partial charge in [0.1, 0.15) is 0 Å². The molecule has 0 fully saturated rings. The van der Waals surface area contributed by atoms with E-state index in [1.807, 2.05) is 11.9 Å². The van der Waals surface area contributed by atoms with Crippen LogP contribution in [0.2, 0.25) is 0 Å². The summed E-state index contributed by atoms with van der Waals surface area (Å²) in [5, 5.41) is 3.69. The summed E-state index contributed by atoms with van der Waals surface area (Å²) in [6, 6.07) is 0.556. The molecule has 0 aliphatic heterocycles. The predicted molar refractivity (Wildman–Crippen MR) is 46.0 cm³/mol. The van der Waals surface area contributed by atoms with Crippen LogP contribution in [0.15, 0.2) is 4.52 Å². The first-order chi connectivity index (χ1) is 5.74. The minimum atomic E-state index is 0.556. The lowest BCUT2D eigenvalue weighted by Gasteiger charge is -2.11. The topological polar surface area (TPSA) is 68.2 Å². The molecule has 1 rings (SSSR count). The Morgan fingerprint density at radius 2 is 2.33 bits per heavy atom. The van der Waals surface area contributed by atoms with Gasteiger partial charge in [0.05, 0.1) is 0 Å². The zero-order valence-corrected chi connectivity index (χ0v) is 7.45. The second-order valence-corrected chi connectivity index (χ2v) is 2.69. The fraction of sp³-hybridized carbons (Fsp3) is 0.714. The second-order valence-electron chi connectivity index (χ2n) is 2.69. The maximum absolute atomic E-state index is 5.37. The van der Waals surface area contributed by atoms with Gasteiger partial charge in [0.15, 0.2) is 5.82 Å². The van der Waals surface area contributed by atoms with Gasteiger partial charge in [0.25, 0.3) is 0 Å². The third-order valence-corrected chi connectivity index (χ3v) is 1.54. The smallest absolute Gasteiger partial charge is 0.323 e. The molecule has 1 heterocycles. The van der Waals surface area contributed by atoms with E-state index < -0.39 is 0 Å². The molecule has 0 radical (unpaired) electrons. The number of aryl methyl sites for hydroxylation is 1. The molecule has 1 aromatic heterocycles. The maximum atomic E-state index is 5.37. The van der Waals surface area contributed by atoms with Crippen LogP contribution in [0.1, 0.15) is 12.2 Å². The summed E-state index contributed by atoms with van der Waals surface area (Å²) >= 11 is 0. The second kappa shape index (κ2) is 4.06. The normalized spacial score (nSPS) is 10.2. The summed E-state index contributed by atoms with van der Waals surface area (Å²) in [6.07, 6.45) is 0.928. The molecule has 0 spiro atoms. The van der Waals surface area contributed by atoms with Crippen molar-refractivity contribution in [2.45, 2.75) is 13.3 Å². The quantitative estimate of drug-likeness (QED) is 0.697. The number of aromatic nitrogens is 2. The lowest BCUT2D eigenvalue weighted by atomic mass is 10.4. The molecule has 0 bridgehead atoms. The Morgan fingerprint density at radius 3 is 2.83 bits per heavy atom. The molecule has 12 heavy (non-hydrogen) atoms. The van der Waals surface area contributed by atoms with Crippen LogP contribution in [0, 0.1) is 6.92 Å². The van der Waals surface area contributed by atoms with E-state index in [1.54, 1.807) is 6.92 Å². The van der Waals surface area contributed by atoms with Crippen LogP contribution in [0.4, 0.5) is 6.01 Å². The van der Waals surface area contributed by atoms with Gasteiger partial charge in [-0.25, -0.2) is 0 Å². The van der Waals surface area contributed by atoms with Crippen molar-refractivity contribution in [3.63, 3.8) is 0 Å².